The van der Waals surface area contributed by atoms with Crippen LogP contribution in [0.15, 0.2) is 48.5 Å². The molecule has 14 atom stereocenters. The first-order chi connectivity index (χ1) is 66.9. The SMILES string of the molecule is N=C(N)NCCC[C@H](NC(=O)[C@@H]1CSSC[C@H](NC(=O)[C@H](CCCNC(=N)N)NC(=O)[C@H](CCCNC(=N)N)NC(=O)[C@@H](N)CCCNC(=N)N)C(=O)N[C@@H](Cc2ccc(O)cc2)C(=O)N[C@@H](CCCNC(=N)N)C(=O)N[C@@H](CCCNC(N)=O)C(=O)N[C@H](CCCCN)C(=O)N2CCC[C@H]2C(=O)N[C@@H](Cc2ccc(O)cc2)C(=O)N[C@@H](CCCNC(=N)N)C(=O)N[C@@H](CCCNC(N)=O)C(=O)N1)C(=O)O. The minimum atomic E-state index is -1.94. The number of nitrogens with two attached hydrogens (primary N) is 10. The van der Waals surface area contributed by atoms with Crippen LogP contribution in [0, 0.1) is 32.5 Å². The Morgan fingerprint density at radius 2 is 0.730 bits per heavy atom. The summed E-state index contributed by atoms with van der Waals surface area (Å²) in [5, 5.41) is 130. The number of benzene rings is 2. The number of primary amides is 2. The molecule has 2 aromatic carbocycles. The molecule has 2 heterocycles. The van der Waals surface area contributed by atoms with Crippen LogP contribution in [0.4, 0.5) is 9.59 Å². The van der Waals surface area contributed by atoms with Gasteiger partial charge in [0.1, 0.15) is 90.0 Å². The molecule has 0 radical (unpaired) electrons. The van der Waals surface area contributed by atoms with Gasteiger partial charge in [-0.1, -0.05) is 45.9 Å². The van der Waals surface area contributed by atoms with E-state index in [2.05, 4.69) is 106 Å². The number of urea groups is 2. The molecule has 0 saturated carbocycles. The van der Waals surface area contributed by atoms with Crippen molar-refractivity contribution < 1.29 is 92.0 Å². The third-order valence-corrected chi connectivity index (χ3v) is 24.3. The number of carbonyl (C=O) groups is 16. The lowest BCUT2D eigenvalue weighted by Gasteiger charge is -2.31. The third kappa shape index (κ3) is 48.0. The monoisotopic (exact) mass is 2020 g/mol. The van der Waals surface area contributed by atoms with Crippen molar-refractivity contribution in [3.8, 4) is 11.5 Å². The molecule has 2 aromatic rings. The van der Waals surface area contributed by atoms with Crippen LogP contribution in [-0.2, 0) is 80.0 Å². The van der Waals surface area contributed by atoms with Crippen LogP contribution in [0.25, 0.3) is 0 Å². The van der Waals surface area contributed by atoms with Gasteiger partial charge < -0.3 is 184 Å². The fraction of sp³-hybridized carbons (Fsp3) is 0.590. The second kappa shape index (κ2) is 64.5. The first-order valence-electron chi connectivity index (χ1n) is 45.9. The number of phenols is 2. The Balaban J connectivity index is 2.16. The van der Waals surface area contributed by atoms with E-state index in [1.54, 1.807) is 0 Å². The summed E-state index contributed by atoms with van der Waals surface area (Å²) in [5.74, 6) is -19.8. The van der Waals surface area contributed by atoms with Gasteiger partial charge in [-0.05, 0) is 177 Å². The van der Waals surface area contributed by atoms with Gasteiger partial charge in [-0.3, -0.25) is 94.8 Å². The van der Waals surface area contributed by atoms with Gasteiger partial charge in [0.2, 0.25) is 76.8 Å². The summed E-state index contributed by atoms with van der Waals surface area (Å²) >= 11 is 0. The van der Waals surface area contributed by atoms with Crippen LogP contribution < -0.4 is 164 Å². The van der Waals surface area contributed by atoms with E-state index in [4.69, 9.17) is 89.8 Å². The van der Waals surface area contributed by atoms with Crippen molar-refractivity contribution in [3.63, 3.8) is 0 Å². The normalized spacial score (nSPS) is 20.2. The predicted molar refractivity (Wildman–Crippen MR) is 524 cm³/mol. The lowest BCUT2D eigenvalue weighted by Crippen LogP contribution is -2.61. The topological polar surface area (TPSA) is 981 Å². The van der Waals surface area contributed by atoms with E-state index >= 15 is 52.7 Å². The average molecular weight is 2030 g/mol. The lowest BCUT2D eigenvalue weighted by molar-refractivity contribution is -0.142. The maximum absolute atomic E-state index is 15.8. The first kappa shape index (κ1) is 119. The molecule has 784 valence electrons. The van der Waals surface area contributed by atoms with E-state index in [1.807, 2.05) is 0 Å². The molecule has 56 nitrogen and oxygen atoms in total. The number of hydrogen-bond acceptors (Lipinski definition) is 28. The number of carboxylic acid groups (broad SMARTS) is 1. The quantitative estimate of drug-likeness (QED) is 0.0127. The zero-order valence-corrected chi connectivity index (χ0v) is 80.0. The summed E-state index contributed by atoms with van der Waals surface area (Å²) in [6.07, 6.45) is -2.91. The van der Waals surface area contributed by atoms with Crippen LogP contribution in [0.3, 0.4) is 0 Å². The Morgan fingerprint density at radius 1 is 0.390 bits per heavy atom. The van der Waals surface area contributed by atoms with E-state index in [1.165, 1.54) is 53.4 Å². The van der Waals surface area contributed by atoms with Gasteiger partial charge >= 0.3 is 18.0 Å². The Labute approximate surface area is 821 Å². The molecule has 2 aliphatic rings. The van der Waals surface area contributed by atoms with Gasteiger partial charge in [0.25, 0.3) is 0 Å². The highest BCUT2D eigenvalue weighted by molar-refractivity contribution is 8.76. The number of carboxylic acids is 1. The lowest BCUT2D eigenvalue weighted by atomic mass is 10.0. The molecule has 2 fully saturated rings. The van der Waals surface area contributed by atoms with Crippen molar-refractivity contribution in [2.75, 3.05) is 77.0 Å². The summed E-state index contributed by atoms with van der Waals surface area (Å²) in [6, 6.07) is -14.6. The average Bonchev–Trinajstić information content (AvgIpc) is 1.70. The highest BCUT2D eigenvalue weighted by Gasteiger charge is 2.42. The molecule has 0 aromatic heterocycles. The van der Waals surface area contributed by atoms with Crippen LogP contribution >= 0.6 is 21.6 Å². The van der Waals surface area contributed by atoms with Gasteiger partial charge in [-0.2, -0.15) is 0 Å². The Bertz CT molecular complexity index is 4550. The molecule has 0 spiro atoms. The number of aliphatic carboxylic acids is 1. The van der Waals surface area contributed by atoms with Crippen LogP contribution in [0.5, 0.6) is 11.5 Å². The van der Waals surface area contributed by atoms with Crippen molar-refractivity contribution in [3.05, 3.63) is 59.7 Å². The van der Waals surface area contributed by atoms with Crippen LogP contribution in [0.2, 0.25) is 0 Å². The number of aromatic hydroxyl groups is 2. The summed E-state index contributed by atoms with van der Waals surface area (Å²) in [4.78, 5) is 236. The third-order valence-electron chi connectivity index (χ3n) is 21.9. The summed E-state index contributed by atoms with van der Waals surface area (Å²) in [6.45, 7) is -0.692. The second-order valence-electron chi connectivity index (χ2n) is 33.2. The maximum Gasteiger partial charge on any atom is 0.326 e. The van der Waals surface area contributed by atoms with Crippen molar-refractivity contribution in [2.45, 2.75) is 232 Å². The largest absolute Gasteiger partial charge is 0.508 e. The molecule has 2 aliphatic heterocycles. The molecule has 0 unspecified atom stereocenters. The smallest absolute Gasteiger partial charge is 0.326 e. The zero-order valence-electron chi connectivity index (χ0n) is 78.4. The Morgan fingerprint density at radius 3 is 1.13 bits per heavy atom. The number of hydrogen-bond donors (Lipinski definition) is 39. The van der Waals surface area contributed by atoms with Gasteiger partial charge in [-0.15, -0.1) is 0 Å². The summed E-state index contributed by atoms with van der Waals surface area (Å²) < 4.78 is 0. The van der Waals surface area contributed by atoms with E-state index < -0.39 is 234 Å². The standard InChI is InChI=1S/C83H141N37O19S2/c84-30-2-1-13-55-74(135)120-39-11-21-61(120)73(134)117-58(41-45-24-28-47(122)29-25-45)70(131)113-51(16-6-34-103-79(92)93)65(126)111-54(19-9-38-107-83(99)139)68(129)118-59(71(132)115-56(75(136)137)20-10-36-105-81(96)97)42-140-141-43-60(119-67(128)53(17-7-35-104-80(94)95)110-63(124)49(14-4-32-101-77(88)89)108-62(123)48(85)12-3-31-100-76(86)87)72(133)116-57(40-44-22-26-46(121)27-23-44)69(130)112-50(15-5-33-102-78(90)91)64(125)109-52(66(127)114-55)18-8-37-106-82(98)138/h22-29,48-61,121-122H,1-21,30-43,84-85H2,(H,108,123)(H,109,125)(H,110,124)(H,111,126)(H,112,130)(H,113,131)(H,114,127)(H,115,132)(H,116,133)(H,117,134)(H,118,129)(H,119,128)(H,136,137)(H4,86,87,100)(H4,88,89,101)(H4,90,91,102)(H4,92,93,103)(H4,94,95,104)(H4,96,97,105)(H3,98,106,138)(H3,99,107,139)/t48-,49-,50-,51-,52-,53-,54-,55+,56-,57-,58-,59-,60-,61-/m0/s1. The number of guanidine groups is 6. The molecular formula is C83H141N37O19S2. The number of nitrogens with one attached hydrogen (secondary N) is 26. The van der Waals surface area contributed by atoms with Crippen molar-refractivity contribution in [1.82, 2.24) is 111 Å². The van der Waals surface area contributed by atoms with Gasteiger partial charge in [0.15, 0.2) is 35.8 Å². The van der Waals surface area contributed by atoms with E-state index in [-0.39, 0.29) is 217 Å². The number of nitrogens with zero attached hydrogens (tertiary/aromatic N) is 1. The fourth-order valence-corrected chi connectivity index (χ4v) is 16.8. The summed E-state index contributed by atoms with van der Waals surface area (Å²) in [7, 11) is 1.38. The number of fused-ring (bicyclic) bond motifs is 1. The van der Waals surface area contributed by atoms with Crippen molar-refractivity contribution >= 4 is 152 Å². The number of amides is 17. The zero-order chi connectivity index (χ0) is 105. The molecule has 0 aliphatic carbocycles. The minimum Gasteiger partial charge on any atom is -0.508 e. The summed E-state index contributed by atoms with van der Waals surface area (Å²) in [5.41, 5.74) is 57.1. The Kier molecular flexibility index (Phi) is 54.3. The molecule has 0 bridgehead atoms. The molecule has 141 heavy (non-hydrogen) atoms. The van der Waals surface area contributed by atoms with Gasteiger partial charge in [-0.25, -0.2) is 14.4 Å². The number of rotatable bonds is 49. The van der Waals surface area contributed by atoms with Crippen molar-refractivity contribution in [1.29, 1.82) is 32.5 Å². The molecular weight excluding hydrogens is 1880 g/mol. The second-order valence-corrected chi connectivity index (χ2v) is 35.8. The number of carbonyl (C=O) groups excluding carboxylic acids is 15. The van der Waals surface area contributed by atoms with E-state index in [9.17, 15) is 39.3 Å². The number of phenolic OH excluding ortho intramolecular Hbond substituents is 2. The highest BCUT2D eigenvalue weighted by Crippen LogP contribution is 2.26. The molecule has 4 rings (SSSR count). The number of unbranched alkanes of at least 4 members (excludes halogenated alkanes) is 1. The molecule has 17 amide bonds. The van der Waals surface area contributed by atoms with Crippen LogP contribution in [-0.4, -0.2) is 312 Å². The molecule has 49 N–H and O–H groups in total. The van der Waals surface area contributed by atoms with Crippen LogP contribution in [0.1, 0.15) is 146 Å². The molecule has 2 saturated heterocycles. The van der Waals surface area contributed by atoms with E-state index in [0.29, 0.717) is 33.6 Å². The molecule has 58 heteroatoms. The minimum absolute atomic E-state index is 0.00995. The van der Waals surface area contributed by atoms with Crippen molar-refractivity contribution in [2.24, 2.45) is 57.3 Å². The first-order valence-corrected chi connectivity index (χ1v) is 48.4. The van der Waals surface area contributed by atoms with Gasteiger partial charge in [0, 0.05) is 83.3 Å². The van der Waals surface area contributed by atoms with Gasteiger partial charge in [0.05, 0.1) is 6.04 Å². The van der Waals surface area contributed by atoms with E-state index in [0.717, 1.165) is 0 Å². The highest BCUT2D eigenvalue weighted by atomic mass is 33.1. The maximum atomic E-state index is 15.8. The predicted octanol–water partition coefficient (Wildman–Crippen LogP) is -9.90. The fourth-order valence-electron chi connectivity index (χ4n) is 14.5. The Hall–Kier alpha value is -14.6.